The summed E-state index contributed by atoms with van der Waals surface area (Å²) in [5.74, 6) is 0.475. The van der Waals surface area contributed by atoms with E-state index in [0.29, 0.717) is 17.1 Å². The third kappa shape index (κ3) is 5.27. The van der Waals surface area contributed by atoms with Gasteiger partial charge in [0, 0.05) is 18.2 Å². The number of alkyl halides is 3. The normalized spacial score (nSPS) is 11.9. The van der Waals surface area contributed by atoms with Crippen LogP contribution in [0.5, 0.6) is 17.2 Å². The zero-order valence-corrected chi connectivity index (χ0v) is 14.6. The van der Waals surface area contributed by atoms with Gasteiger partial charge in [0.25, 0.3) is 0 Å². The lowest BCUT2D eigenvalue weighted by Crippen LogP contribution is -2.23. The van der Waals surface area contributed by atoms with Crippen molar-refractivity contribution in [2.75, 3.05) is 14.2 Å². The Bertz CT molecular complexity index is 851. The van der Waals surface area contributed by atoms with Crippen molar-refractivity contribution in [2.45, 2.75) is 17.8 Å². The molecule has 26 heavy (non-hydrogen) atoms. The van der Waals surface area contributed by atoms with E-state index in [-0.39, 0.29) is 11.4 Å². The minimum absolute atomic E-state index is 0.0731. The minimum atomic E-state index is -4.84. The quantitative estimate of drug-likeness (QED) is 0.785. The van der Waals surface area contributed by atoms with Crippen molar-refractivity contribution in [3.63, 3.8) is 0 Å². The van der Waals surface area contributed by atoms with E-state index in [2.05, 4.69) is 9.46 Å². The van der Waals surface area contributed by atoms with Gasteiger partial charge in [0.15, 0.2) is 0 Å². The average molecular weight is 391 g/mol. The number of hydrogen-bond acceptors (Lipinski definition) is 5. The van der Waals surface area contributed by atoms with Crippen LogP contribution in [0.3, 0.4) is 0 Å². The van der Waals surface area contributed by atoms with Crippen molar-refractivity contribution < 1.29 is 35.8 Å². The first-order valence-electron chi connectivity index (χ1n) is 7.21. The summed E-state index contributed by atoms with van der Waals surface area (Å²) in [5.41, 5.74) is 0.564. The molecule has 0 aliphatic heterocycles. The second-order valence-corrected chi connectivity index (χ2v) is 6.79. The van der Waals surface area contributed by atoms with Gasteiger partial charge in [0.05, 0.1) is 19.1 Å². The summed E-state index contributed by atoms with van der Waals surface area (Å²) in [5, 5.41) is 0. The molecule has 0 unspecified atom stereocenters. The zero-order valence-electron chi connectivity index (χ0n) is 13.8. The van der Waals surface area contributed by atoms with E-state index < -0.39 is 22.1 Å². The van der Waals surface area contributed by atoms with Crippen LogP contribution in [0.4, 0.5) is 13.2 Å². The van der Waals surface area contributed by atoms with Gasteiger partial charge < -0.3 is 14.2 Å². The first-order chi connectivity index (χ1) is 12.1. The Morgan fingerprint density at radius 2 is 1.58 bits per heavy atom. The Morgan fingerprint density at radius 3 is 2.12 bits per heavy atom. The van der Waals surface area contributed by atoms with Gasteiger partial charge in [0.2, 0.25) is 10.0 Å². The molecule has 0 saturated carbocycles. The average Bonchev–Trinajstić information content (AvgIpc) is 2.59. The predicted molar refractivity (Wildman–Crippen MR) is 86.7 cm³/mol. The van der Waals surface area contributed by atoms with Gasteiger partial charge >= 0.3 is 6.36 Å². The molecule has 0 saturated heterocycles. The van der Waals surface area contributed by atoms with Crippen molar-refractivity contribution in [3.8, 4) is 17.2 Å². The number of ether oxygens (including phenoxy) is 3. The van der Waals surface area contributed by atoms with Crippen LogP contribution in [0.15, 0.2) is 47.4 Å². The highest BCUT2D eigenvalue weighted by Crippen LogP contribution is 2.26. The van der Waals surface area contributed by atoms with E-state index in [1.54, 1.807) is 18.2 Å². The first-order valence-corrected chi connectivity index (χ1v) is 8.69. The van der Waals surface area contributed by atoms with Crippen LogP contribution in [-0.4, -0.2) is 29.0 Å². The standard InChI is InChI=1S/C16H16F3NO5S/c1-23-13-4-3-11(15(9-13)24-2)10-20-26(21,22)14-7-5-12(6-8-14)25-16(17,18)19/h3-9,20H,10H2,1-2H3. The van der Waals surface area contributed by atoms with Crippen molar-refractivity contribution in [2.24, 2.45) is 0 Å². The number of sulfonamides is 1. The summed E-state index contributed by atoms with van der Waals surface area (Å²) in [6.07, 6.45) is -4.84. The van der Waals surface area contributed by atoms with Crippen LogP contribution in [0.2, 0.25) is 0 Å². The molecule has 2 aromatic carbocycles. The Kier molecular flexibility index (Phi) is 5.98. The van der Waals surface area contributed by atoms with Crippen molar-refractivity contribution in [1.29, 1.82) is 0 Å². The molecule has 0 aromatic heterocycles. The number of rotatable bonds is 7. The van der Waals surface area contributed by atoms with Crippen molar-refractivity contribution in [3.05, 3.63) is 48.0 Å². The smallest absolute Gasteiger partial charge is 0.497 e. The molecule has 0 aliphatic rings. The number of benzene rings is 2. The Morgan fingerprint density at radius 1 is 0.962 bits per heavy atom. The molecule has 0 aliphatic carbocycles. The second-order valence-electron chi connectivity index (χ2n) is 5.02. The number of hydrogen-bond donors (Lipinski definition) is 1. The summed E-state index contributed by atoms with van der Waals surface area (Å²) in [4.78, 5) is -0.195. The zero-order chi connectivity index (χ0) is 19.4. The minimum Gasteiger partial charge on any atom is -0.497 e. The van der Waals surface area contributed by atoms with Crippen molar-refractivity contribution >= 4 is 10.0 Å². The van der Waals surface area contributed by atoms with Crippen LogP contribution in [-0.2, 0) is 16.6 Å². The van der Waals surface area contributed by atoms with E-state index in [1.807, 2.05) is 0 Å². The predicted octanol–water partition coefficient (Wildman–Crippen LogP) is 3.08. The fourth-order valence-electron chi connectivity index (χ4n) is 2.07. The third-order valence-electron chi connectivity index (χ3n) is 3.31. The van der Waals surface area contributed by atoms with Crippen LogP contribution < -0.4 is 18.9 Å². The van der Waals surface area contributed by atoms with Crippen LogP contribution in [0, 0.1) is 0 Å². The van der Waals surface area contributed by atoms with Crippen LogP contribution in [0.25, 0.3) is 0 Å². The number of methoxy groups -OCH3 is 2. The van der Waals surface area contributed by atoms with E-state index in [1.165, 1.54) is 14.2 Å². The fourth-order valence-corrected chi connectivity index (χ4v) is 3.08. The fraction of sp³-hybridized carbons (Fsp3) is 0.250. The summed E-state index contributed by atoms with van der Waals surface area (Å²) >= 11 is 0. The number of nitrogens with one attached hydrogen (secondary N) is 1. The van der Waals surface area contributed by atoms with Crippen molar-refractivity contribution in [1.82, 2.24) is 4.72 Å². The second kappa shape index (κ2) is 7.83. The molecule has 2 aromatic rings. The van der Waals surface area contributed by atoms with E-state index in [4.69, 9.17) is 9.47 Å². The lowest BCUT2D eigenvalue weighted by molar-refractivity contribution is -0.274. The molecule has 10 heteroatoms. The highest BCUT2D eigenvalue weighted by Gasteiger charge is 2.31. The molecule has 142 valence electrons. The molecule has 0 radical (unpaired) electrons. The van der Waals surface area contributed by atoms with Crippen LogP contribution >= 0.6 is 0 Å². The third-order valence-corrected chi connectivity index (χ3v) is 4.73. The van der Waals surface area contributed by atoms with Gasteiger partial charge in [-0.3, -0.25) is 0 Å². The molecule has 1 N–H and O–H groups in total. The number of halogens is 3. The molecule has 0 bridgehead atoms. The SMILES string of the molecule is COc1ccc(CNS(=O)(=O)c2ccc(OC(F)(F)F)cc2)c(OC)c1. The molecule has 2 rings (SSSR count). The monoisotopic (exact) mass is 391 g/mol. The van der Waals surface area contributed by atoms with Crippen LogP contribution in [0.1, 0.15) is 5.56 Å². The molecular formula is C16H16F3NO5S. The molecule has 0 heterocycles. The van der Waals surface area contributed by atoms with E-state index in [9.17, 15) is 21.6 Å². The maximum atomic E-state index is 12.3. The van der Waals surface area contributed by atoms with Gasteiger partial charge in [0.1, 0.15) is 17.2 Å². The van der Waals surface area contributed by atoms with Gasteiger partial charge in [-0.2, -0.15) is 0 Å². The summed E-state index contributed by atoms with van der Waals surface area (Å²) in [7, 11) is -1.01. The summed E-state index contributed by atoms with van der Waals surface area (Å²) in [6.45, 7) is -0.0731. The highest BCUT2D eigenvalue weighted by molar-refractivity contribution is 7.89. The molecule has 0 fully saturated rings. The Labute approximate surface area is 148 Å². The van der Waals surface area contributed by atoms with Gasteiger partial charge in [-0.15, -0.1) is 13.2 Å². The maximum Gasteiger partial charge on any atom is 0.573 e. The molecule has 0 spiro atoms. The van der Waals surface area contributed by atoms with E-state index >= 15 is 0 Å². The topological polar surface area (TPSA) is 73.9 Å². The largest absolute Gasteiger partial charge is 0.573 e. The lowest BCUT2D eigenvalue weighted by atomic mass is 10.2. The van der Waals surface area contributed by atoms with Gasteiger partial charge in [-0.05, 0) is 30.3 Å². The molecule has 0 amide bonds. The Balaban J connectivity index is 2.11. The van der Waals surface area contributed by atoms with Gasteiger partial charge in [-0.25, -0.2) is 13.1 Å². The van der Waals surface area contributed by atoms with Gasteiger partial charge in [-0.1, -0.05) is 6.07 Å². The summed E-state index contributed by atoms with van der Waals surface area (Å²) < 4.78 is 77.3. The highest BCUT2D eigenvalue weighted by atomic mass is 32.2. The first kappa shape index (κ1) is 19.9. The summed E-state index contributed by atoms with van der Waals surface area (Å²) in [6, 6.07) is 8.79. The van der Waals surface area contributed by atoms with E-state index in [0.717, 1.165) is 24.3 Å². The Hall–Kier alpha value is -2.46. The maximum absolute atomic E-state index is 12.3. The molecular weight excluding hydrogens is 375 g/mol. The molecule has 6 nitrogen and oxygen atoms in total. The lowest BCUT2D eigenvalue weighted by Gasteiger charge is -2.12. The molecule has 0 atom stereocenters.